The number of aryl methyl sites for hydroxylation is 1. The molecule has 0 aromatic carbocycles. The number of likely N-dealkylation sites (N-methyl/N-ethyl adjacent to an activating group) is 1. The Morgan fingerprint density at radius 2 is 2.10 bits per heavy atom. The average Bonchev–Trinajstić information content (AvgIpc) is 2.88. The quantitative estimate of drug-likeness (QED) is 0.787. The van der Waals surface area contributed by atoms with Gasteiger partial charge in [0.2, 0.25) is 0 Å². The van der Waals surface area contributed by atoms with Gasteiger partial charge in [0.15, 0.2) is 5.78 Å². The zero-order valence-corrected chi connectivity index (χ0v) is 13.8. The predicted molar refractivity (Wildman–Crippen MR) is 84.9 cm³/mol. The van der Waals surface area contributed by atoms with Crippen molar-refractivity contribution in [3.63, 3.8) is 0 Å². The average molecular weight is 311 g/mol. The Morgan fingerprint density at radius 1 is 1.40 bits per heavy atom. The molecule has 0 amide bonds. The first-order valence-electron chi connectivity index (χ1n) is 6.47. The highest BCUT2D eigenvalue weighted by atomic mass is 35.5. The summed E-state index contributed by atoms with van der Waals surface area (Å²) in [4.78, 5) is 15.6. The molecule has 5 heteroatoms. The lowest BCUT2D eigenvalue weighted by Gasteiger charge is -2.14. The second kappa shape index (κ2) is 6.12. The minimum Gasteiger partial charge on any atom is -0.351 e. The summed E-state index contributed by atoms with van der Waals surface area (Å²) in [6.07, 6.45) is 0. The van der Waals surface area contributed by atoms with Crippen molar-refractivity contribution < 1.29 is 4.79 Å². The van der Waals surface area contributed by atoms with E-state index in [4.69, 9.17) is 11.6 Å². The lowest BCUT2D eigenvalue weighted by atomic mass is 10.1. The smallest absolute Gasteiger partial charge is 0.178 e. The molecule has 0 bridgehead atoms. The van der Waals surface area contributed by atoms with E-state index in [0.717, 1.165) is 27.8 Å². The van der Waals surface area contributed by atoms with Gasteiger partial charge in [0.25, 0.3) is 0 Å². The molecule has 2 heterocycles. The first-order chi connectivity index (χ1) is 9.38. The number of nitrogens with zero attached hydrogens (tertiary/aromatic N) is 2. The van der Waals surface area contributed by atoms with Crippen LogP contribution in [0.3, 0.4) is 0 Å². The van der Waals surface area contributed by atoms with Crippen LogP contribution >= 0.6 is 22.9 Å². The van der Waals surface area contributed by atoms with Crippen LogP contribution in [-0.2, 0) is 13.6 Å². The Morgan fingerprint density at radius 3 is 2.60 bits per heavy atom. The van der Waals surface area contributed by atoms with Gasteiger partial charge in [-0.05, 0) is 39.1 Å². The number of ketones is 1. The van der Waals surface area contributed by atoms with Gasteiger partial charge in [0, 0.05) is 35.4 Å². The number of carbonyl (C=O) groups is 1. The standard InChI is InChI=1S/C15H19ClN2OS/c1-10-7-13(11(2)18(10)4)14(19)9-17(3)8-12-5-6-15(16)20-12/h5-7H,8-9H2,1-4H3. The van der Waals surface area contributed by atoms with Gasteiger partial charge in [0.05, 0.1) is 10.9 Å². The molecule has 2 rings (SSSR count). The second-order valence-corrected chi connectivity index (χ2v) is 6.94. The van der Waals surface area contributed by atoms with Crippen molar-refractivity contribution in [1.29, 1.82) is 0 Å². The normalized spacial score (nSPS) is 11.3. The van der Waals surface area contributed by atoms with Crippen molar-refractivity contribution in [2.45, 2.75) is 20.4 Å². The van der Waals surface area contributed by atoms with Crippen LogP contribution in [-0.4, -0.2) is 28.8 Å². The fourth-order valence-electron chi connectivity index (χ4n) is 2.23. The lowest BCUT2D eigenvalue weighted by Crippen LogP contribution is -2.25. The van der Waals surface area contributed by atoms with E-state index in [2.05, 4.69) is 0 Å². The van der Waals surface area contributed by atoms with E-state index in [9.17, 15) is 4.79 Å². The summed E-state index contributed by atoms with van der Waals surface area (Å²) in [5.41, 5.74) is 2.96. The first-order valence-corrected chi connectivity index (χ1v) is 7.67. The molecule has 0 aliphatic heterocycles. The molecule has 0 aliphatic carbocycles. The topological polar surface area (TPSA) is 25.2 Å². The maximum absolute atomic E-state index is 12.4. The number of Topliss-reactive ketones (excluding diaryl/α,β-unsaturated/α-hetero) is 1. The van der Waals surface area contributed by atoms with Crippen LogP contribution in [0, 0.1) is 13.8 Å². The highest BCUT2D eigenvalue weighted by molar-refractivity contribution is 7.16. The fraction of sp³-hybridized carbons (Fsp3) is 0.400. The number of aromatic nitrogens is 1. The summed E-state index contributed by atoms with van der Waals surface area (Å²) in [7, 11) is 3.94. The molecule has 0 saturated carbocycles. The van der Waals surface area contributed by atoms with E-state index in [-0.39, 0.29) is 5.78 Å². The SMILES string of the molecule is Cc1cc(C(=O)CN(C)Cc2ccc(Cl)s2)c(C)n1C. The highest BCUT2D eigenvalue weighted by Gasteiger charge is 2.16. The summed E-state index contributed by atoms with van der Waals surface area (Å²) >= 11 is 7.47. The fourth-order valence-corrected chi connectivity index (χ4v) is 3.39. The molecule has 0 spiro atoms. The molecule has 2 aromatic heterocycles. The summed E-state index contributed by atoms with van der Waals surface area (Å²) < 4.78 is 2.83. The highest BCUT2D eigenvalue weighted by Crippen LogP contribution is 2.22. The van der Waals surface area contributed by atoms with Crippen molar-refractivity contribution in [1.82, 2.24) is 9.47 Å². The third kappa shape index (κ3) is 3.32. The van der Waals surface area contributed by atoms with Crippen molar-refractivity contribution >= 4 is 28.7 Å². The summed E-state index contributed by atoms with van der Waals surface area (Å²) in [5.74, 6) is 0.163. The van der Waals surface area contributed by atoms with Gasteiger partial charge in [-0.25, -0.2) is 0 Å². The van der Waals surface area contributed by atoms with Crippen LogP contribution in [0.1, 0.15) is 26.6 Å². The number of hydrogen-bond donors (Lipinski definition) is 0. The minimum atomic E-state index is 0.163. The minimum absolute atomic E-state index is 0.163. The number of carbonyl (C=O) groups excluding carboxylic acids is 1. The maximum atomic E-state index is 12.4. The van der Waals surface area contributed by atoms with Crippen LogP contribution in [0.15, 0.2) is 18.2 Å². The molecular formula is C15H19ClN2OS. The van der Waals surface area contributed by atoms with Crippen LogP contribution < -0.4 is 0 Å². The third-order valence-electron chi connectivity index (χ3n) is 3.54. The zero-order valence-electron chi connectivity index (χ0n) is 12.2. The predicted octanol–water partition coefficient (Wildman–Crippen LogP) is 3.67. The molecule has 0 fully saturated rings. The molecule has 108 valence electrons. The van der Waals surface area contributed by atoms with Gasteiger partial charge in [-0.2, -0.15) is 0 Å². The van der Waals surface area contributed by atoms with Crippen molar-refractivity contribution in [3.05, 3.63) is 44.4 Å². The van der Waals surface area contributed by atoms with E-state index >= 15 is 0 Å². The molecular weight excluding hydrogens is 292 g/mol. The molecule has 0 aliphatic rings. The van der Waals surface area contributed by atoms with Gasteiger partial charge in [-0.15, -0.1) is 11.3 Å². The summed E-state index contributed by atoms with van der Waals surface area (Å²) in [6.45, 7) is 5.16. The van der Waals surface area contributed by atoms with Crippen molar-refractivity contribution in [2.75, 3.05) is 13.6 Å². The Hall–Kier alpha value is -1.10. The van der Waals surface area contributed by atoms with Crippen LogP contribution in [0.2, 0.25) is 4.34 Å². The monoisotopic (exact) mass is 310 g/mol. The summed E-state index contributed by atoms with van der Waals surface area (Å²) in [5, 5.41) is 0. The Kier molecular flexibility index (Phi) is 4.68. The van der Waals surface area contributed by atoms with E-state index in [0.29, 0.717) is 6.54 Å². The molecule has 0 atom stereocenters. The van der Waals surface area contributed by atoms with Gasteiger partial charge in [0.1, 0.15) is 0 Å². The van der Waals surface area contributed by atoms with E-state index in [1.165, 1.54) is 4.88 Å². The zero-order chi connectivity index (χ0) is 14.9. The van der Waals surface area contributed by atoms with Crippen LogP contribution in [0.4, 0.5) is 0 Å². The van der Waals surface area contributed by atoms with E-state index in [1.54, 1.807) is 11.3 Å². The first kappa shape index (κ1) is 15.3. The molecule has 2 aromatic rings. The van der Waals surface area contributed by atoms with E-state index in [1.807, 2.05) is 55.6 Å². The Balaban J connectivity index is 2.02. The van der Waals surface area contributed by atoms with Gasteiger partial charge < -0.3 is 4.57 Å². The van der Waals surface area contributed by atoms with Crippen molar-refractivity contribution in [3.8, 4) is 0 Å². The largest absolute Gasteiger partial charge is 0.351 e. The van der Waals surface area contributed by atoms with Crippen molar-refractivity contribution in [2.24, 2.45) is 7.05 Å². The molecule has 20 heavy (non-hydrogen) atoms. The number of halogens is 1. The maximum Gasteiger partial charge on any atom is 0.178 e. The lowest BCUT2D eigenvalue weighted by molar-refractivity contribution is 0.0943. The number of thiophene rings is 1. The number of rotatable bonds is 5. The molecule has 0 saturated heterocycles. The summed E-state index contributed by atoms with van der Waals surface area (Å²) in [6, 6.07) is 5.86. The van der Waals surface area contributed by atoms with Crippen LogP contribution in [0.25, 0.3) is 0 Å². The Bertz CT molecular complexity index is 630. The number of hydrogen-bond acceptors (Lipinski definition) is 3. The second-order valence-electron chi connectivity index (χ2n) is 5.15. The molecule has 3 nitrogen and oxygen atoms in total. The van der Waals surface area contributed by atoms with E-state index < -0.39 is 0 Å². The molecule has 0 unspecified atom stereocenters. The van der Waals surface area contributed by atoms with Gasteiger partial charge >= 0.3 is 0 Å². The molecule has 0 radical (unpaired) electrons. The molecule has 0 N–H and O–H groups in total. The van der Waals surface area contributed by atoms with Gasteiger partial charge in [-0.3, -0.25) is 9.69 Å². The van der Waals surface area contributed by atoms with Gasteiger partial charge in [-0.1, -0.05) is 11.6 Å². The third-order valence-corrected chi connectivity index (χ3v) is 4.76. The Labute approximate surface area is 128 Å². The van der Waals surface area contributed by atoms with Crippen LogP contribution in [0.5, 0.6) is 0 Å².